The monoisotopic (exact) mass is 460 g/mol. The normalized spacial score (nSPS) is 17.6. The molecule has 0 heterocycles. The van der Waals surface area contributed by atoms with E-state index in [4.69, 9.17) is 13.9 Å². The summed E-state index contributed by atoms with van der Waals surface area (Å²) in [6, 6.07) is 8.12. The molecular formula is C28H48O3Si. The van der Waals surface area contributed by atoms with Crippen molar-refractivity contribution >= 4 is 8.32 Å². The van der Waals surface area contributed by atoms with E-state index >= 15 is 0 Å². The van der Waals surface area contributed by atoms with Gasteiger partial charge in [-0.05, 0) is 41.7 Å². The van der Waals surface area contributed by atoms with Crippen molar-refractivity contribution in [2.24, 2.45) is 17.8 Å². The van der Waals surface area contributed by atoms with Crippen LogP contribution in [0.25, 0.3) is 0 Å². The Balaban J connectivity index is 3.18. The van der Waals surface area contributed by atoms with Gasteiger partial charge in [0.05, 0.1) is 25.9 Å². The molecule has 32 heavy (non-hydrogen) atoms. The van der Waals surface area contributed by atoms with E-state index in [0.29, 0.717) is 12.5 Å². The molecule has 0 radical (unpaired) electrons. The molecule has 0 aliphatic rings. The van der Waals surface area contributed by atoms with Crippen molar-refractivity contribution in [3.8, 4) is 5.75 Å². The van der Waals surface area contributed by atoms with E-state index in [1.165, 1.54) is 0 Å². The SMILES string of the molecule is C=C/C=C\[C@H](C)[C@H](OCc1ccc(OC)cc1)[C@@H](C)[C@H](O[Si](C)(C)C(C)(C)C)[C@@H](C)CC. The molecule has 0 aromatic heterocycles. The Kier molecular flexibility index (Phi) is 11.4. The van der Waals surface area contributed by atoms with Crippen molar-refractivity contribution in [1.29, 1.82) is 0 Å². The van der Waals surface area contributed by atoms with Gasteiger partial charge >= 0.3 is 0 Å². The van der Waals surface area contributed by atoms with Crippen LogP contribution in [0.2, 0.25) is 18.1 Å². The smallest absolute Gasteiger partial charge is 0.192 e. The van der Waals surface area contributed by atoms with Gasteiger partial charge in [0.15, 0.2) is 8.32 Å². The van der Waals surface area contributed by atoms with E-state index in [2.05, 4.69) is 86.3 Å². The molecule has 0 unspecified atom stereocenters. The highest BCUT2D eigenvalue weighted by atomic mass is 28.4. The molecule has 0 N–H and O–H groups in total. The van der Waals surface area contributed by atoms with Crippen LogP contribution in [0, 0.1) is 17.8 Å². The van der Waals surface area contributed by atoms with Crippen molar-refractivity contribution < 1.29 is 13.9 Å². The summed E-state index contributed by atoms with van der Waals surface area (Å²) in [6.45, 7) is 25.2. The molecule has 0 aliphatic carbocycles. The van der Waals surface area contributed by atoms with Crippen LogP contribution in [0.5, 0.6) is 5.75 Å². The van der Waals surface area contributed by atoms with Gasteiger partial charge in [0.25, 0.3) is 0 Å². The lowest BCUT2D eigenvalue weighted by atomic mass is 9.83. The van der Waals surface area contributed by atoms with E-state index in [1.807, 2.05) is 24.3 Å². The number of hydrogen-bond acceptors (Lipinski definition) is 3. The van der Waals surface area contributed by atoms with E-state index in [9.17, 15) is 0 Å². The largest absolute Gasteiger partial charge is 0.497 e. The van der Waals surface area contributed by atoms with E-state index < -0.39 is 8.32 Å². The van der Waals surface area contributed by atoms with Crippen molar-refractivity contribution in [3.05, 3.63) is 54.6 Å². The van der Waals surface area contributed by atoms with Gasteiger partial charge in [-0.2, -0.15) is 0 Å². The number of methoxy groups -OCH3 is 1. The van der Waals surface area contributed by atoms with Crippen LogP contribution in [0.4, 0.5) is 0 Å². The van der Waals surface area contributed by atoms with Crippen LogP contribution in [0.15, 0.2) is 49.1 Å². The topological polar surface area (TPSA) is 27.7 Å². The first-order valence-electron chi connectivity index (χ1n) is 12.1. The number of allylic oxidation sites excluding steroid dienone is 2. The average Bonchev–Trinajstić information content (AvgIpc) is 2.75. The first-order valence-corrected chi connectivity index (χ1v) is 15.0. The second-order valence-electron chi connectivity index (χ2n) is 10.7. The Labute approximate surface area is 199 Å². The predicted octanol–water partition coefficient (Wildman–Crippen LogP) is 8.03. The predicted molar refractivity (Wildman–Crippen MR) is 141 cm³/mol. The number of hydrogen-bond donors (Lipinski definition) is 0. The standard InChI is InChI=1S/C28H48O3Si/c1-12-14-15-22(4)26(30-20-24-16-18-25(29-9)19-17-24)23(5)27(21(3)13-2)31-32(10,11)28(6,7)8/h12,14-19,21-23,26-27H,1,13,20H2,2-11H3/b15-14-/t21-,22-,23+,26-,27+/m0/s1. The quantitative estimate of drug-likeness (QED) is 0.220. The zero-order valence-electron chi connectivity index (χ0n) is 22.3. The second-order valence-corrected chi connectivity index (χ2v) is 15.4. The Bertz CT molecular complexity index is 702. The first-order chi connectivity index (χ1) is 14.9. The van der Waals surface area contributed by atoms with Gasteiger partial charge in [-0.15, -0.1) is 0 Å². The van der Waals surface area contributed by atoms with Gasteiger partial charge in [-0.25, -0.2) is 0 Å². The van der Waals surface area contributed by atoms with E-state index in [-0.39, 0.29) is 29.1 Å². The third kappa shape index (κ3) is 8.20. The minimum absolute atomic E-state index is 0.0390. The highest BCUT2D eigenvalue weighted by Gasteiger charge is 2.43. The third-order valence-electron chi connectivity index (χ3n) is 7.15. The summed E-state index contributed by atoms with van der Waals surface area (Å²) in [5.74, 6) is 1.82. The maximum Gasteiger partial charge on any atom is 0.192 e. The summed E-state index contributed by atoms with van der Waals surface area (Å²) < 4.78 is 18.9. The number of benzene rings is 1. The summed E-state index contributed by atoms with van der Waals surface area (Å²) in [5.41, 5.74) is 1.15. The number of ether oxygens (including phenoxy) is 2. The van der Waals surface area contributed by atoms with Crippen LogP contribution >= 0.6 is 0 Å². The molecule has 0 spiro atoms. The molecule has 3 nitrogen and oxygen atoms in total. The molecule has 4 heteroatoms. The average molecular weight is 461 g/mol. The maximum atomic E-state index is 7.03. The minimum atomic E-state index is -1.92. The fourth-order valence-corrected chi connectivity index (χ4v) is 5.22. The van der Waals surface area contributed by atoms with E-state index in [1.54, 1.807) is 7.11 Å². The van der Waals surface area contributed by atoms with Crippen LogP contribution in [-0.4, -0.2) is 27.6 Å². The molecule has 0 bridgehead atoms. The van der Waals surface area contributed by atoms with Crippen molar-refractivity contribution in [2.45, 2.75) is 91.8 Å². The Morgan fingerprint density at radius 1 is 1.03 bits per heavy atom. The zero-order valence-corrected chi connectivity index (χ0v) is 23.3. The highest BCUT2D eigenvalue weighted by Crippen LogP contribution is 2.40. The molecule has 1 aromatic carbocycles. The summed E-state index contributed by atoms with van der Waals surface area (Å²) in [7, 11) is -0.228. The molecule has 0 amide bonds. The Morgan fingerprint density at radius 2 is 1.62 bits per heavy atom. The molecule has 0 aliphatic heterocycles. The minimum Gasteiger partial charge on any atom is -0.497 e. The maximum absolute atomic E-state index is 7.03. The van der Waals surface area contributed by atoms with Crippen molar-refractivity contribution in [1.82, 2.24) is 0 Å². The molecule has 0 saturated carbocycles. The van der Waals surface area contributed by atoms with Gasteiger partial charge in [-0.1, -0.05) is 91.8 Å². The van der Waals surface area contributed by atoms with Crippen LogP contribution in [-0.2, 0) is 15.8 Å². The highest BCUT2D eigenvalue weighted by molar-refractivity contribution is 6.74. The summed E-state index contributed by atoms with van der Waals surface area (Å²) in [4.78, 5) is 0. The lowest BCUT2D eigenvalue weighted by Gasteiger charge is -2.45. The molecule has 0 saturated heterocycles. The van der Waals surface area contributed by atoms with Gasteiger partial charge in [0, 0.05) is 11.8 Å². The molecule has 1 rings (SSSR count). The first kappa shape index (κ1) is 28.7. The fourth-order valence-electron chi connectivity index (χ4n) is 3.74. The zero-order chi connectivity index (χ0) is 24.5. The molecule has 1 aromatic rings. The molecule has 182 valence electrons. The van der Waals surface area contributed by atoms with Crippen LogP contribution < -0.4 is 4.74 Å². The van der Waals surface area contributed by atoms with Crippen LogP contribution in [0.3, 0.4) is 0 Å². The molecule has 0 fully saturated rings. The Morgan fingerprint density at radius 3 is 2.09 bits per heavy atom. The van der Waals surface area contributed by atoms with Gasteiger partial charge in [-0.3, -0.25) is 0 Å². The lowest BCUT2D eigenvalue weighted by molar-refractivity contribution is -0.0648. The third-order valence-corrected chi connectivity index (χ3v) is 11.6. The fraction of sp³-hybridized carbons (Fsp3) is 0.643. The second kappa shape index (κ2) is 12.8. The summed E-state index contributed by atoms with van der Waals surface area (Å²) in [6.07, 6.45) is 7.33. The van der Waals surface area contributed by atoms with Gasteiger partial charge in [0.2, 0.25) is 0 Å². The van der Waals surface area contributed by atoms with Gasteiger partial charge in [0.1, 0.15) is 5.75 Å². The number of rotatable bonds is 13. The van der Waals surface area contributed by atoms with Gasteiger partial charge < -0.3 is 13.9 Å². The van der Waals surface area contributed by atoms with Crippen molar-refractivity contribution in [3.63, 3.8) is 0 Å². The lowest BCUT2D eigenvalue weighted by Crippen LogP contribution is -2.50. The van der Waals surface area contributed by atoms with Crippen LogP contribution in [0.1, 0.15) is 60.5 Å². The summed E-state index contributed by atoms with van der Waals surface area (Å²) in [5, 5.41) is 0.173. The Hall–Kier alpha value is -1.36. The van der Waals surface area contributed by atoms with Crippen molar-refractivity contribution in [2.75, 3.05) is 7.11 Å². The molecule has 5 atom stereocenters. The van der Waals surface area contributed by atoms with E-state index in [0.717, 1.165) is 17.7 Å². The summed E-state index contributed by atoms with van der Waals surface area (Å²) >= 11 is 0. The molecular weight excluding hydrogens is 412 g/mol.